The second kappa shape index (κ2) is 7.01. The fraction of sp³-hybridized carbons (Fsp3) is 0.500. The van der Waals surface area contributed by atoms with Crippen LogP contribution >= 0.6 is 0 Å². The number of benzene rings is 1. The van der Waals surface area contributed by atoms with E-state index in [4.69, 9.17) is 9.84 Å². The molecule has 0 fully saturated rings. The number of hydrogen-bond acceptors (Lipinski definition) is 3. The average Bonchev–Trinajstić information content (AvgIpc) is 2.29. The molecule has 18 heavy (non-hydrogen) atoms. The third-order valence-electron chi connectivity index (χ3n) is 2.76. The minimum Gasteiger partial charge on any atom is -0.496 e. The van der Waals surface area contributed by atoms with Crippen molar-refractivity contribution < 1.29 is 14.6 Å². The lowest BCUT2D eigenvalue weighted by molar-refractivity contribution is -0.121. The first kappa shape index (κ1) is 14.5. The van der Waals surface area contributed by atoms with Gasteiger partial charge in [-0.25, -0.2) is 0 Å². The third-order valence-corrected chi connectivity index (χ3v) is 2.76. The SMILES string of the molecule is COc1ccc(C)cc1CC(=O)NC(C)CCO. The van der Waals surface area contributed by atoms with Gasteiger partial charge in [-0.1, -0.05) is 17.7 Å². The molecule has 1 amide bonds. The van der Waals surface area contributed by atoms with Crippen molar-refractivity contribution >= 4 is 5.91 Å². The monoisotopic (exact) mass is 251 g/mol. The van der Waals surface area contributed by atoms with Gasteiger partial charge in [-0.05, 0) is 26.3 Å². The minimum absolute atomic E-state index is 0.0155. The highest BCUT2D eigenvalue weighted by Crippen LogP contribution is 2.20. The summed E-state index contributed by atoms with van der Waals surface area (Å²) >= 11 is 0. The summed E-state index contributed by atoms with van der Waals surface area (Å²) in [7, 11) is 1.60. The van der Waals surface area contributed by atoms with Gasteiger partial charge in [-0.3, -0.25) is 4.79 Å². The number of hydrogen-bond donors (Lipinski definition) is 2. The molecule has 0 aliphatic rings. The average molecular weight is 251 g/mol. The van der Waals surface area contributed by atoms with Crippen LogP contribution in [-0.4, -0.2) is 30.8 Å². The molecule has 0 radical (unpaired) electrons. The van der Waals surface area contributed by atoms with E-state index < -0.39 is 0 Å². The van der Waals surface area contributed by atoms with Crippen LogP contribution in [0.3, 0.4) is 0 Å². The van der Waals surface area contributed by atoms with E-state index >= 15 is 0 Å². The second-order valence-electron chi connectivity index (χ2n) is 4.47. The molecule has 0 bridgehead atoms. The minimum atomic E-state index is -0.0557. The second-order valence-corrected chi connectivity index (χ2v) is 4.47. The first-order chi connectivity index (χ1) is 8.56. The Balaban J connectivity index is 2.66. The van der Waals surface area contributed by atoms with Gasteiger partial charge in [0.2, 0.25) is 5.91 Å². The molecule has 0 aliphatic carbocycles. The lowest BCUT2D eigenvalue weighted by Gasteiger charge is -2.14. The molecule has 1 aromatic carbocycles. The van der Waals surface area contributed by atoms with Gasteiger partial charge in [0.15, 0.2) is 0 Å². The van der Waals surface area contributed by atoms with Crippen LogP contribution in [0.1, 0.15) is 24.5 Å². The smallest absolute Gasteiger partial charge is 0.224 e. The van der Waals surface area contributed by atoms with Crippen LogP contribution in [0.25, 0.3) is 0 Å². The Labute approximate surface area is 108 Å². The third kappa shape index (κ3) is 4.37. The number of rotatable bonds is 6. The van der Waals surface area contributed by atoms with Gasteiger partial charge in [0.05, 0.1) is 13.5 Å². The number of aliphatic hydroxyl groups excluding tert-OH is 1. The molecule has 1 rings (SSSR count). The molecule has 0 aliphatic heterocycles. The molecule has 0 saturated heterocycles. The maximum Gasteiger partial charge on any atom is 0.224 e. The van der Waals surface area contributed by atoms with E-state index in [1.807, 2.05) is 32.0 Å². The van der Waals surface area contributed by atoms with Gasteiger partial charge in [-0.15, -0.1) is 0 Å². The van der Waals surface area contributed by atoms with Gasteiger partial charge in [0, 0.05) is 18.2 Å². The van der Waals surface area contributed by atoms with Crippen molar-refractivity contribution in [1.29, 1.82) is 0 Å². The highest BCUT2D eigenvalue weighted by atomic mass is 16.5. The van der Waals surface area contributed by atoms with Crippen molar-refractivity contribution in [3.8, 4) is 5.75 Å². The molecule has 2 N–H and O–H groups in total. The van der Waals surface area contributed by atoms with Gasteiger partial charge < -0.3 is 15.2 Å². The quantitative estimate of drug-likeness (QED) is 0.804. The molecule has 4 heteroatoms. The fourth-order valence-electron chi connectivity index (χ4n) is 1.81. The molecule has 1 unspecified atom stereocenters. The Morgan fingerprint density at radius 3 is 2.83 bits per heavy atom. The number of aliphatic hydroxyl groups is 1. The summed E-state index contributed by atoms with van der Waals surface area (Å²) in [6.45, 7) is 3.94. The predicted molar refractivity (Wildman–Crippen MR) is 70.7 cm³/mol. The largest absolute Gasteiger partial charge is 0.496 e. The number of nitrogens with one attached hydrogen (secondary N) is 1. The number of methoxy groups -OCH3 is 1. The molecular weight excluding hydrogens is 230 g/mol. The molecular formula is C14H21NO3. The number of aryl methyl sites for hydroxylation is 1. The standard InChI is InChI=1S/C14H21NO3/c1-10-4-5-13(18-3)12(8-10)9-14(17)15-11(2)6-7-16/h4-5,8,11,16H,6-7,9H2,1-3H3,(H,15,17). The van der Waals surface area contributed by atoms with Crippen LogP contribution in [0.5, 0.6) is 5.75 Å². The summed E-state index contributed by atoms with van der Waals surface area (Å²) in [4.78, 5) is 11.8. The highest BCUT2D eigenvalue weighted by molar-refractivity contribution is 5.79. The van der Waals surface area contributed by atoms with Crippen LogP contribution in [0.15, 0.2) is 18.2 Å². The number of ether oxygens (including phenoxy) is 1. The summed E-state index contributed by atoms with van der Waals surface area (Å²) in [5.74, 6) is 0.672. The van der Waals surface area contributed by atoms with Crippen molar-refractivity contribution in [3.05, 3.63) is 29.3 Å². The highest BCUT2D eigenvalue weighted by Gasteiger charge is 2.11. The van der Waals surface area contributed by atoms with Crippen LogP contribution in [0, 0.1) is 6.92 Å². The zero-order chi connectivity index (χ0) is 13.5. The van der Waals surface area contributed by atoms with E-state index in [2.05, 4.69) is 5.32 Å². The molecule has 1 atom stereocenters. The number of carbonyl (C=O) groups excluding carboxylic acids is 1. The first-order valence-corrected chi connectivity index (χ1v) is 6.10. The van der Waals surface area contributed by atoms with E-state index in [1.165, 1.54) is 0 Å². The lowest BCUT2D eigenvalue weighted by atomic mass is 10.1. The Kier molecular flexibility index (Phi) is 5.65. The van der Waals surface area contributed by atoms with Crippen molar-refractivity contribution in [2.24, 2.45) is 0 Å². The zero-order valence-electron chi connectivity index (χ0n) is 11.2. The van der Waals surface area contributed by atoms with Gasteiger partial charge in [0.25, 0.3) is 0 Å². The van der Waals surface area contributed by atoms with E-state index in [-0.39, 0.29) is 18.6 Å². The summed E-state index contributed by atoms with van der Waals surface area (Å²) in [6.07, 6.45) is 0.858. The molecule has 0 heterocycles. The van der Waals surface area contributed by atoms with E-state index in [0.29, 0.717) is 12.8 Å². The maximum absolute atomic E-state index is 11.8. The van der Waals surface area contributed by atoms with Crippen molar-refractivity contribution in [2.45, 2.75) is 32.7 Å². The van der Waals surface area contributed by atoms with Gasteiger partial charge in [0.1, 0.15) is 5.75 Å². The Hall–Kier alpha value is -1.55. The summed E-state index contributed by atoms with van der Waals surface area (Å²) in [6, 6.07) is 5.76. The fourth-order valence-corrected chi connectivity index (χ4v) is 1.81. The van der Waals surface area contributed by atoms with Gasteiger partial charge in [-0.2, -0.15) is 0 Å². The zero-order valence-corrected chi connectivity index (χ0v) is 11.2. The van der Waals surface area contributed by atoms with Crippen molar-refractivity contribution in [1.82, 2.24) is 5.32 Å². The molecule has 100 valence electrons. The Morgan fingerprint density at radius 1 is 1.50 bits per heavy atom. The summed E-state index contributed by atoms with van der Waals surface area (Å²) in [5.41, 5.74) is 1.98. The Morgan fingerprint density at radius 2 is 2.22 bits per heavy atom. The number of carbonyl (C=O) groups is 1. The van der Waals surface area contributed by atoms with Crippen LogP contribution in [0.4, 0.5) is 0 Å². The maximum atomic E-state index is 11.8. The molecule has 0 spiro atoms. The van der Waals surface area contributed by atoms with Crippen molar-refractivity contribution in [2.75, 3.05) is 13.7 Å². The van der Waals surface area contributed by atoms with E-state index in [0.717, 1.165) is 16.9 Å². The van der Waals surface area contributed by atoms with Crippen LogP contribution in [-0.2, 0) is 11.2 Å². The topological polar surface area (TPSA) is 58.6 Å². The predicted octanol–water partition coefficient (Wildman–Crippen LogP) is 1.43. The molecule has 0 saturated carbocycles. The number of amides is 1. The van der Waals surface area contributed by atoms with Gasteiger partial charge >= 0.3 is 0 Å². The van der Waals surface area contributed by atoms with E-state index in [9.17, 15) is 4.79 Å². The van der Waals surface area contributed by atoms with E-state index in [1.54, 1.807) is 7.11 Å². The molecule has 1 aromatic rings. The summed E-state index contributed by atoms with van der Waals surface area (Å²) < 4.78 is 5.23. The molecule has 4 nitrogen and oxygen atoms in total. The summed E-state index contributed by atoms with van der Waals surface area (Å²) in [5, 5.41) is 11.6. The van der Waals surface area contributed by atoms with Crippen LogP contribution in [0.2, 0.25) is 0 Å². The molecule has 0 aromatic heterocycles. The normalized spacial score (nSPS) is 12.0. The van der Waals surface area contributed by atoms with Crippen LogP contribution < -0.4 is 10.1 Å². The lowest BCUT2D eigenvalue weighted by Crippen LogP contribution is -2.34. The van der Waals surface area contributed by atoms with Crippen molar-refractivity contribution in [3.63, 3.8) is 0 Å². The first-order valence-electron chi connectivity index (χ1n) is 6.10. The Bertz CT molecular complexity index is 404.